The summed E-state index contributed by atoms with van der Waals surface area (Å²) in [6.45, 7) is 4.13. The SMILES string of the molecule is CCCC(C)N(C)C(=O)c1cc(N)ccc1Cl. The Labute approximate surface area is 108 Å². The van der Waals surface area contributed by atoms with E-state index in [-0.39, 0.29) is 11.9 Å². The lowest BCUT2D eigenvalue weighted by Gasteiger charge is -2.25. The lowest BCUT2D eigenvalue weighted by Crippen LogP contribution is -2.35. The number of anilines is 1. The molecule has 0 heterocycles. The number of hydrogen-bond donors (Lipinski definition) is 1. The molecule has 0 saturated heterocycles. The van der Waals surface area contributed by atoms with Crippen LogP contribution >= 0.6 is 11.6 Å². The van der Waals surface area contributed by atoms with Gasteiger partial charge in [0.2, 0.25) is 0 Å². The number of carbonyl (C=O) groups is 1. The first-order valence-electron chi connectivity index (χ1n) is 5.79. The molecule has 1 amide bonds. The minimum atomic E-state index is -0.0803. The zero-order chi connectivity index (χ0) is 13.0. The van der Waals surface area contributed by atoms with Crippen LogP contribution in [-0.4, -0.2) is 23.9 Å². The third-order valence-electron chi connectivity index (χ3n) is 2.91. The van der Waals surface area contributed by atoms with Crippen molar-refractivity contribution in [1.82, 2.24) is 4.90 Å². The molecule has 0 saturated carbocycles. The lowest BCUT2D eigenvalue weighted by atomic mass is 10.1. The molecule has 1 aromatic rings. The first kappa shape index (κ1) is 13.8. The van der Waals surface area contributed by atoms with Crippen LogP contribution in [0.1, 0.15) is 37.0 Å². The molecule has 1 atom stereocenters. The first-order valence-corrected chi connectivity index (χ1v) is 6.17. The molecule has 2 N–H and O–H groups in total. The van der Waals surface area contributed by atoms with E-state index in [1.165, 1.54) is 0 Å². The van der Waals surface area contributed by atoms with Crippen molar-refractivity contribution in [2.45, 2.75) is 32.7 Å². The zero-order valence-corrected chi connectivity index (χ0v) is 11.3. The highest BCUT2D eigenvalue weighted by Gasteiger charge is 2.19. The largest absolute Gasteiger partial charge is 0.399 e. The molecule has 0 spiro atoms. The Bertz CT molecular complexity index is 406. The van der Waals surface area contributed by atoms with Crippen LogP contribution in [0.15, 0.2) is 18.2 Å². The Morgan fingerprint density at radius 2 is 2.18 bits per heavy atom. The molecule has 3 nitrogen and oxygen atoms in total. The van der Waals surface area contributed by atoms with E-state index in [1.54, 1.807) is 30.1 Å². The van der Waals surface area contributed by atoms with Crippen LogP contribution in [0.4, 0.5) is 5.69 Å². The normalized spacial score (nSPS) is 12.2. The summed E-state index contributed by atoms with van der Waals surface area (Å²) in [5.41, 5.74) is 6.69. The van der Waals surface area contributed by atoms with Crippen molar-refractivity contribution < 1.29 is 4.79 Å². The van der Waals surface area contributed by atoms with Gasteiger partial charge in [0, 0.05) is 18.8 Å². The number of benzene rings is 1. The fourth-order valence-electron chi connectivity index (χ4n) is 1.71. The minimum absolute atomic E-state index is 0.0803. The third kappa shape index (κ3) is 3.37. The van der Waals surface area contributed by atoms with Gasteiger partial charge in [-0.05, 0) is 31.5 Å². The second-order valence-electron chi connectivity index (χ2n) is 4.29. The minimum Gasteiger partial charge on any atom is -0.399 e. The van der Waals surface area contributed by atoms with Crippen LogP contribution in [0.5, 0.6) is 0 Å². The van der Waals surface area contributed by atoms with Gasteiger partial charge in [0.25, 0.3) is 5.91 Å². The van der Waals surface area contributed by atoms with Crippen molar-refractivity contribution in [3.05, 3.63) is 28.8 Å². The maximum atomic E-state index is 12.2. The Morgan fingerprint density at radius 1 is 1.53 bits per heavy atom. The van der Waals surface area contributed by atoms with Gasteiger partial charge in [0.1, 0.15) is 0 Å². The average Bonchev–Trinajstić information content (AvgIpc) is 2.30. The molecule has 1 rings (SSSR count). The number of rotatable bonds is 4. The summed E-state index contributed by atoms with van der Waals surface area (Å²) < 4.78 is 0. The average molecular weight is 255 g/mol. The summed E-state index contributed by atoms with van der Waals surface area (Å²) in [5.74, 6) is -0.0803. The van der Waals surface area contributed by atoms with Gasteiger partial charge in [-0.3, -0.25) is 4.79 Å². The number of hydrogen-bond acceptors (Lipinski definition) is 2. The van der Waals surface area contributed by atoms with Crippen LogP contribution in [0.25, 0.3) is 0 Å². The van der Waals surface area contributed by atoms with Gasteiger partial charge < -0.3 is 10.6 Å². The Morgan fingerprint density at radius 3 is 2.76 bits per heavy atom. The van der Waals surface area contributed by atoms with Crippen LogP contribution in [-0.2, 0) is 0 Å². The van der Waals surface area contributed by atoms with E-state index in [9.17, 15) is 4.79 Å². The zero-order valence-electron chi connectivity index (χ0n) is 10.5. The Kier molecular flexibility index (Phi) is 4.82. The van der Waals surface area contributed by atoms with Crippen molar-refractivity contribution in [3.8, 4) is 0 Å². The van der Waals surface area contributed by atoms with Crippen molar-refractivity contribution in [1.29, 1.82) is 0 Å². The van der Waals surface area contributed by atoms with Crippen LogP contribution < -0.4 is 5.73 Å². The lowest BCUT2D eigenvalue weighted by molar-refractivity contribution is 0.0737. The van der Waals surface area contributed by atoms with Crippen LogP contribution in [0.3, 0.4) is 0 Å². The van der Waals surface area contributed by atoms with Gasteiger partial charge in [0.15, 0.2) is 0 Å². The van der Waals surface area contributed by atoms with Gasteiger partial charge >= 0.3 is 0 Å². The molecule has 4 heteroatoms. The predicted molar refractivity (Wildman–Crippen MR) is 72.3 cm³/mol. The van der Waals surface area contributed by atoms with Crippen molar-refractivity contribution in [2.24, 2.45) is 0 Å². The molecule has 0 aromatic heterocycles. The summed E-state index contributed by atoms with van der Waals surface area (Å²) in [6.07, 6.45) is 2.02. The van der Waals surface area contributed by atoms with E-state index >= 15 is 0 Å². The number of nitrogen functional groups attached to an aromatic ring is 1. The van der Waals surface area contributed by atoms with Crippen LogP contribution in [0, 0.1) is 0 Å². The van der Waals surface area contributed by atoms with Gasteiger partial charge in [0.05, 0.1) is 10.6 Å². The number of nitrogens with two attached hydrogens (primary N) is 1. The van der Waals surface area contributed by atoms with E-state index in [1.807, 2.05) is 6.92 Å². The number of nitrogens with zero attached hydrogens (tertiary/aromatic N) is 1. The number of halogens is 1. The fourth-order valence-corrected chi connectivity index (χ4v) is 1.91. The van der Waals surface area contributed by atoms with Gasteiger partial charge in [-0.25, -0.2) is 0 Å². The molecule has 17 heavy (non-hydrogen) atoms. The second kappa shape index (κ2) is 5.92. The maximum absolute atomic E-state index is 12.2. The molecular formula is C13H19ClN2O. The molecular weight excluding hydrogens is 236 g/mol. The smallest absolute Gasteiger partial charge is 0.255 e. The molecule has 0 fully saturated rings. The fraction of sp³-hybridized carbons (Fsp3) is 0.462. The summed E-state index contributed by atoms with van der Waals surface area (Å²) in [5, 5.41) is 0.444. The molecule has 0 aliphatic rings. The standard InChI is InChI=1S/C13H19ClN2O/c1-4-5-9(2)16(3)13(17)11-8-10(15)6-7-12(11)14/h6-9H,4-5,15H2,1-3H3. The molecule has 1 unspecified atom stereocenters. The van der Waals surface area contributed by atoms with Gasteiger partial charge in [-0.15, -0.1) is 0 Å². The highest BCUT2D eigenvalue weighted by atomic mass is 35.5. The van der Waals surface area contributed by atoms with Crippen LogP contribution in [0.2, 0.25) is 5.02 Å². The van der Waals surface area contributed by atoms with E-state index in [0.29, 0.717) is 16.3 Å². The number of carbonyl (C=O) groups excluding carboxylic acids is 1. The van der Waals surface area contributed by atoms with Crippen molar-refractivity contribution in [2.75, 3.05) is 12.8 Å². The van der Waals surface area contributed by atoms with Crippen molar-refractivity contribution in [3.63, 3.8) is 0 Å². The first-order chi connectivity index (χ1) is 7.97. The molecule has 0 radical (unpaired) electrons. The molecule has 1 aromatic carbocycles. The number of amides is 1. The van der Waals surface area contributed by atoms with E-state index in [4.69, 9.17) is 17.3 Å². The van der Waals surface area contributed by atoms with Crippen molar-refractivity contribution >= 4 is 23.2 Å². The Balaban J connectivity index is 2.92. The molecule has 0 aliphatic carbocycles. The van der Waals surface area contributed by atoms with Gasteiger partial charge in [-0.2, -0.15) is 0 Å². The molecule has 0 bridgehead atoms. The van der Waals surface area contributed by atoms with Gasteiger partial charge in [-0.1, -0.05) is 24.9 Å². The maximum Gasteiger partial charge on any atom is 0.255 e. The molecule has 0 aliphatic heterocycles. The monoisotopic (exact) mass is 254 g/mol. The summed E-state index contributed by atoms with van der Waals surface area (Å²) in [7, 11) is 1.79. The Hall–Kier alpha value is -1.22. The van der Waals surface area contributed by atoms with E-state index in [0.717, 1.165) is 12.8 Å². The predicted octanol–water partition coefficient (Wildman–Crippen LogP) is 3.18. The highest BCUT2D eigenvalue weighted by molar-refractivity contribution is 6.34. The van der Waals surface area contributed by atoms with E-state index < -0.39 is 0 Å². The molecule has 94 valence electrons. The third-order valence-corrected chi connectivity index (χ3v) is 3.24. The topological polar surface area (TPSA) is 46.3 Å². The quantitative estimate of drug-likeness (QED) is 0.839. The highest BCUT2D eigenvalue weighted by Crippen LogP contribution is 2.21. The van der Waals surface area contributed by atoms with E-state index in [2.05, 4.69) is 6.92 Å². The summed E-state index contributed by atoms with van der Waals surface area (Å²) in [6, 6.07) is 5.17. The second-order valence-corrected chi connectivity index (χ2v) is 4.70. The summed E-state index contributed by atoms with van der Waals surface area (Å²) >= 11 is 6.01. The summed E-state index contributed by atoms with van der Waals surface area (Å²) in [4.78, 5) is 13.9.